The topological polar surface area (TPSA) is 77.1 Å². The van der Waals surface area contributed by atoms with Crippen LogP contribution in [0.3, 0.4) is 0 Å². The van der Waals surface area contributed by atoms with Gasteiger partial charge in [-0.1, -0.05) is 35.5 Å². The van der Waals surface area contributed by atoms with Gasteiger partial charge in [0.2, 0.25) is 17.6 Å². The molecule has 0 N–H and O–H groups in total. The molecule has 0 radical (unpaired) electrons. The molecule has 0 saturated carbocycles. The third kappa shape index (κ3) is 4.12. The number of aromatic nitrogens is 4. The summed E-state index contributed by atoms with van der Waals surface area (Å²) in [6.07, 6.45) is 4.36. The average Bonchev–Trinajstić information content (AvgIpc) is 3.27. The molecule has 0 bridgehead atoms. The molecule has 0 aliphatic carbocycles. The Morgan fingerprint density at radius 3 is 2.76 bits per heavy atom. The quantitative estimate of drug-likeness (QED) is 0.661. The van der Waals surface area contributed by atoms with Crippen LogP contribution < -0.4 is 0 Å². The van der Waals surface area contributed by atoms with Crippen LogP contribution in [-0.2, 0) is 24.8 Å². The predicted octanol–water partition coefficient (Wildman–Crippen LogP) is 2.45. The number of rotatable bonds is 7. The summed E-state index contributed by atoms with van der Waals surface area (Å²) in [4.78, 5) is 22.9. The smallest absolute Gasteiger partial charge is 0.227 e. The lowest BCUT2D eigenvalue weighted by Crippen LogP contribution is -2.31. The maximum absolute atomic E-state index is 12.5. The first kappa shape index (κ1) is 16.9. The Bertz CT molecular complexity index is 825. The number of hydrogen-bond acceptors (Lipinski definition) is 5. The third-order valence-electron chi connectivity index (χ3n) is 4.04. The average molecular weight is 339 g/mol. The molecule has 0 fully saturated rings. The van der Waals surface area contributed by atoms with Crippen molar-refractivity contribution in [2.24, 2.45) is 7.05 Å². The van der Waals surface area contributed by atoms with E-state index in [1.807, 2.05) is 55.1 Å². The highest BCUT2D eigenvalue weighted by Crippen LogP contribution is 2.15. The summed E-state index contributed by atoms with van der Waals surface area (Å²) in [5.41, 5.74) is 0.897. The number of amides is 1. The van der Waals surface area contributed by atoms with Gasteiger partial charge in [0.25, 0.3) is 0 Å². The molecule has 0 atom stereocenters. The summed E-state index contributed by atoms with van der Waals surface area (Å²) in [6, 6.07) is 9.62. The zero-order chi connectivity index (χ0) is 17.6. The van der Waals surface area contributed by atoms with Gasteiger partial charge < -0.3 is 14.0 Å². The standard InChI is InChI=1S/C18H21N5O2/c1-3-23(13-15-19-11-12-22(15)2)17(24)10-9-16-20-18(21-25-16)14-7-5-4-6-8-14/h4-8,11-12H,3,9-10,13H2,1-2H3. The van der Waals surface area contributed by atoms with Gasteiger partial charge in [-0.2, -0.15) is 4.98 Å². The van der Waals surface area contributed by atoms with Gasteiger partial charge in [-0.25, -0.2) is 4.98 Å². The molecular formula is C18H21N5O2. The van der Waals surface area contributed by atoms with E-state index in [9.17, 15) is 4.79 Å². The van der Waals surface area contributed by atoms with Crippen molar-refractivity contribution in [1.29, 1.82) is 0 Å². The molecule has 0 saturated heterocycles. The molecular weight excluding hydrogens is 318 g/mol. The van der Waals surface area contributed by atoms with Crippen molar-refractivity contribution >= 4 is 5.91 Å². The summed E-state index contributed by atoms with van der Waals surface area (Å²) in [5.74, 6) is 1.92. The SMILES string of the molecule is CCN(Cc1nccn1C)C(=O)CCc1nc(-c2ccccc2)no1. The monoisotopic (exact) mass is 339 g/mol. The van der Waals surface area contributed by atoms with Gasteiger partial charge in [-0.15, -0.1) is 0 Å². The summed E-state index contributed by atoms with van der Waals surface area (Å²) in [6.45, 7) is 3.09. The number of hydrogen-bond donors (Lipinski definition) is 0. The van der Waals surface area contributed by atoms with Crippen molar-refractivity contribution in [1.82, 2.24) is 24.6 Å². The second-order valence-electron chi connectivity index (χ2n) is 5.74. The predicted molar refractivity (Wildman–Crippen MR) is 92.4 cm³/mol. The number of nitrogens with zero attached hydrogens (tertiary/aromatic N) is 5. The first-order valence-electron chi connectivity index (χ1n) is 8.29. The maximum atomic E-state index is 12.5. The Labute approximate surface area is 146 Å². The van der Waals surface area contributed by atoms with Crippen LogP contribution in [0.1, 0.15) is 25.1 Å². The van der Waals surface area contributed by atoms with E-state index in [1.165, 1.54) is 0 Å². The van der Waals surface area contributed by atoms with E-state index in [0.717, 1.165) is 11.4 Å². The highest BCUT2D eigenvalue weighted by Gasteiger charge is 2.16. The molecule has 7 heteroatoms. The largest absolute Gasteiger partial charge is 0.339 e. The molecule has 1 aromatic carbocycles. The van der Waals surface area contributed by atoms with Gasteiger partial charge in [0, 0.05) is 44.4 Å². The van der Waals surface area contributed by atoms with Crippen molar-refractivity contribution in [2.75, 3.05) is 6.54 Å². The molecule has 0 aliphatic rings. The van der Waals surface area contributed by atoms with Crippen molar-refractivity contribution in [3.63, 3.8) is 0 Å². The van der Waals surface area contributed by atoms with E-state index in [1.54, 1.807) is 11.1 Å². The lowest BCUT2D eigenvalue weighted by atomic mass is 10.2. The fourth-order valence-corrected chi connectivity index (χ4v) is 2.53. The number of carbonyl (C=O) groups is 1. The normalized spacial score (nSPS) is 10.8. The molecule has 1 amide bonds. The van der Waals surface area contributed by atoms with Crippen molar-refractivity contribution in [3.8, 4) is 11.4 Å². The minimum atomic E-state index is 0.0463. The minimum absolute atomic E-state index is 0.0463. The van der Waals surface area contributed by atoms with Crippen molar-refractivity contribution in [3.05, 3.63) is 54.4 Å². The second-order valence-corrected chi connectivity index (χ2v) is 5.74. The van der Waals surface area contributed by atoms with E-state index in [0.29, 0.717) is 37.6 Å². The number of aryl methyl sites for hydroxylation is 2. The van der Waals surface area contributed by atoms with Crippen LogP contribution in [0, 0.1) is 0 Å². The molecule has 2 heterocycles. The Hall–Kier alpha value is -2.96. The van der Waals surface area contributed by atoms with Crippen LogP contribution in [0.15, 0.2) is 47.2 Å². The van der Waals surface area contributed by atoms with E-state index in [4.69, 9.17) is 4.52 Å². The first-order chi connectivity index (χ1) is 12.2. The zero-order valence-corrected chi connectivity index (χ0v) is 14.4. The molecule has 2 aromatic heterocycles. The molecule has 130 valence electrons. The highest BCUT2D eigenvalue weighted by atomic mass is 16.5. The van der Waals surface area contributed by atoms with Gasteiger partial charge in [0.15, 0.2) is 0 Å². The van der Waals surface area contributed by atoms with E-state index >= 15 is 0 Å². The van der Waals surface area contributed by atoms with Crippen LogP contribution in [0.2, 0.25) is 0 Å². The highest BCUT2D eigenvalue weighted by molar-refractivity contribution is 5.76. The second kappa shape index (κ2) is 7.74. The van der Waals surface area contributed by atoms with Gasteiger partial charge in [-0.05, 0) is 6.92 Å². The third-order valence-corrected chi connectivity index (χ3v) is 4.04. The minimum Gasteiger partial charge on any atom is -0.339 e. The Morgan fingerprint density at radius 1 is 1.28 bits per heavy atom. The summed E-state index contributed by atoms with van der Waals surface area (Å²) < 4.78 is 7.18. The maximum Gasteiger partial charge on any atom is 0.227 e. The van der Waals surface area contributed by atoms with E-state index in [2.05, 4.69) is 15.1 Å². The molecule has 0 unspecified atom stereocenters. The van der Waals surface area contributed by atoms with Crippen molar-refractivity contribution < 1.29 is 9.32 Å². The Balaban J connectivity index is 1.58. The molecule has 3 aromatic rings. The molecule has 25 heavy (non-hydrogen) atoms. The van der Waals surface area contributed by atoms with E-state index in [-0.39, 0.29) is 5.91 Å². The van der Waals surface area contributed by atoms with Crippen LogP contribution >= 0.6 is 0 Å². The summed E-state index contributed by atoms with van der Waals surface area (Å²) >= 11 is 0. The van der Waals surface area contributed by atoms with Gasteiger partial charge >= 0.3 is 0 Å². The lowest BCUT2D eigenvalue weighted by Gasteiger charge is -2.20. The molecule has 3 rings (SSSR count). The number of benzene rings is 1. The van der Waals surface area contributed by atoms with Gasteiger partial charge in [-0.3, -0.25) is 4.79 Å². The van der Waals surface area contributed by atoms with Crippen LogP contribution in [0.25, 0.3) is 11.4 Å². The number of imidazole rings is 1. The molecule has 0 aliphatic heterocycles. The Morgan fingerprint density at radius 2 is 2.08 bits per heavy atom. The molecule has 7 nitrogen and oxygen atoms in total. The summed E-state index contributed by atoms with van der Waals surface area (Å²) in [5, 5.41) is 3.98. The van der Waals surface area contributed by atoms with Gasteiger partial charge in [0.1, 0.15) is 5.82 Å². The van der Waals surface area contributed by atoms with E-state index < -0.39 is 0 Å². The van der Waals surface area contributed by atoms with Gasteiger partial charge in [0.05, 0.1) is 6.54 Å². The fraction of sp³-hybridized carbons (Fsp3) is 0.333. The Kier molecular flexibility index (Phi) is 5.23. The summed E-state index contributed by atoms with van der Waals surface area (Å²) in [7, 11) is 1.92. The van der Waals surface area contributed by atoms with Crippen LogP contribution in [-0.4, -0.2) is 37.0 Å². The van der Waals surface area contributed by atoms with Crippen LogP contribution in [0.5, 0.6) is 0 Å². The fourth-order valence-electron chi connectivity index (χ4n) is 2.53. The van der Waals surface area contributed by atoms with Crippen LogP contribution in [0.4, 0.5) is 0 Å². The first-order valence-corrected chi connectivity index (χ1v) is 8.29. The lowest BCUT2D eigenvalue weighted by molar-refractivity contribution is -0.131. The number of carbonyl (C=O) groups excluding carboxylic acids is 1. The zero-order valence-electron chi connectivity index (χ0n) is 14.4. The van der Waals surface area contributed by atoms with Crippen molar-refractivity contribution in [2.45, 2.75) is 26.3 Å². The molecule has 0 spiro atoms.